The van der Waals surface area contributed by atoms with Crippen molar-refractivity contribution in [3.05, 3.63) is 40.6 Å². The van der Waals surface area contributed by atoms with Crippen LogP contribution in [0.4, 0.5) is 0 Å². The molecule has 2 N–H and O–H groups in total. The first-order chi connectivity index (χ1) is 12.7. The molecule has 7 nitrogen and oxygen atoms in total. The summed E-state index contributed by atoms with van der Waals surface area (Å²) < 4.78 is 22.3. The van der Waals surface area contributed by atoms with Crippen LogP contribution in [-0.4, -0.2) is 45.8 Å². The molecule has 0 saturated carbocycles. The van der Waals surface area contributed by atoms with Gasteiger partial charge in [0.2, 0.25) is 0 Å². The van der Waals surface area contributed by atoms with Gasteiger partial charge in [-0.05, 0) is 45.7 Å². The normalized spacial score (nSPS) is 30.5. The molecule has 7 heteroatoms. The van der Waals surface area contributed by atoms with Gasteiger partial charge in [-0.3, -0.25) is 0 Å². The highest BCUT2D eigenvalue weighted by Crippen LogP contribution is 2.41. The highest BCUT2D eigenvalue weighted by Gasteiger charge is 2.56. The molecule has 4 rings (SSSR count). The van der Waals surface area contributed by atoms with E-state index in [4.69, 9.17) is 18.7 Å². The monoisotopic (exact) mass is 375 g/mol. The molecule has 3 heterocycles. The molecule has 0 spiro atoms. The molecule has 2 aliphatic rings. The zero-order valence-electron chi connectivity index (χ0n) is 16.1. The number of benzene rings is 1. The van der Waals surface area contributed by atoms with Crippen LogP contribution in [0.3, 0.4) is 0 Å². The quantitative estimate of drug-likeness (QED) is 0.851. The van der Waals surface area contributed by atoms with Crippen molar-refractivity contribution >= 4 is 0 Å². The Bertz CT molecular complexity index is 837. The van der Waals surface area contributed by atoms with Crippen LogP contribution < -0.4 is 0 Å². The minimum Gasteiger partial charge on any atom is -0.387 e. The van der Waals surface area contributed by atoms with Crippen LogP contribution in [0.25, 0.3) is 11.3 Å². The summed E-state index contributed by atoms with van der Waals surface area (Å²) in [6.45, 7) is 9.58. The summed E-state index contributed by atoms with van der Waals surface area (Å²) >= 11 is 0. The Morgan fingerprint density at radius 2 is 1.74 bits per heavy atom. The van der Waals surface area contributed by atoms with Crippen molar-refractivity contribution in [3.63, 3.8) is 0 Å². The highest BCUT2D eigenvalue weighted by molar-refractivity contribution is 5.68. The lowest BCUT2D eigenvalue weighted by molar-refractivity contribution is -0.227. The molecule has 0 bridgehead atoms. The second kappa shape index (κ2) is 6.39. The van der Waals surface area contributed by atoms with Gasteiger partial charge >= 0.3 is 0 Å². The topological polar surface area (TPSA) is 94.2 Å². The van der Waals surface area contributed by atoms with Gasteiger partial charge in [0.25, 0.3) is 0 Å². The number of ether oxygens (including phenoxy) is 3. The maximum absolute atomic E-state index is 10.7. The van der Waals surface area contributed by atoms with Gasteiger partial charge < -0.3 is 28.9 Å². The highest BCUT2D eigenvalue weighted by atomic mass is 16.8. The third-order valence-corrected chi connectivity index (χ3v) is 5.12. The molecule has 146 valence electrons. The number of aliphatic hydroxyl groups is 2. The number of hydrogen-bond donors (Lipinski definition) is 2. The fourth-order valence-corrected chi connectivity index (χ4v) is 4.07. The predicted octanol–water partition coefficient (Wildman–Crippen LogP) is 2.54. The van der Waals surface area contributed by atoms with E-state index in [2.05, 4.69) is 17.3 Å². The maximum Gasteiger partial charge on any atom is 0.190 e. The third kappa shape index (κ3) is 3.19. The van der Waals surface area contributed by atoms with Gasteiger partial charge in [-0.1, -0.05) is 22.9 Å². The molecule has 2 saturated heterocycles. The van der Waals surface area contributed by atoms with Crippen molar-refractivity contribution in [1.29, 1.82) is 0 Å². The van der Waals surface area contributed by atoms with E-state index in [0.29, 0.717) is 5.69 Å². The third-order valence-electron chi connectivity index (χ3n) is 5.12. The lowest BCUT2D eigenvalue weighted by atomic mass is 9.96. The Morgan fingerprint density at radius 1 is 1.07 bits per heavy atom. The number of aromatic nitrogens is 1. The van der Waals surface area contributed by atoms with Crippen LogP contribution in [0.1, 0.15) is 42.4 Å². The molecule has 1 aromatic carbocycles. The van der Waals surface area contributed by atoms with E-state index in [1.165, 1.54) is 5.56 Å². The fourth-order valence-electron chi connectivity index (χ4n) is 4.07. The summed E-state index contributed by atoms with van der Waals surface area (Å²) in [5.74, 6) is -0.598. The molecule has 2 aromatic rings. The number of nitrogens with zero attached hydrogens (tertiary/aromatic N) is 1. The molecule has 2 aliphatic heterocycles. The first-order valence-corrected chi connectivity index (χ1v) is 9.08. The summed E-state index contributed by atoms with van der Waals surface area (Å²) in [5.41, 5.74) is 4.95. The van der Waals surface area contributed by atoms with Gasteiger partial charge in [0.05, 0.1) is 0 Å². The van der Waals surface area contributed by atoms with E-state index in [9.17, 15) is 10.2 Å². The smallest absolute Gasteiger partial charge is 0.190 e. The molecule has 5 atom stereocenters. The molecule has 0 aliphatic carbocycles. The first kappa shape index (κ1) is 18.6. The lowest BCUT2D eigenvalue weighted by Gasteiger charge is -2.24. The number of rotatable bonds is 3. The van der Waals surface area contributed by atoms with Gasteiger partial charge in [0.1, 0.15) is 30.1 Å². The lowest BCUT2D eigenvalue weighted by Crippen LogP contribution is -2.37. The molecule has 1 aromatic heterocycles. The van der Waals surface area contributed by atoms with Crippen LogP contribution >= 0.6 is 0 Å². The largest absolute Gasteiger partial charge is 0.387 e. The van der Waals surface area contributed by atoms with Gasteiger partial charge in [0.15, 0.2) is 17.8 Å². The van der Waals surface area contributed by atoms with Crippen molar-refractivity contribution in [2.45, 2.75) is 71.1 Å². The van der Waals surface area contributed by atoms with E-state index in [0.717, 1.165) is 16.7 Å². The zero-order chi connectivity index (χ0) is 19.5. The minimum absolute atomic E-state index is 0.229. The minimum atomic E-state index is -1.19. The van der Waals surface area contributed by atoms with E-state index in [1.807, 2.05) is 20.8 Å². The van der Waals surface area contributed by atoms with Gasteiger partial charge in [-0.25, -0.2) is 0 Å². The molecule has 0 unspecified atom stereocenters. The maximum atomic E-state index is 10.7. The molecular weight excluding hydrogens is 350 g/mol. The SMILES string of the molecule is Cc1cc(C)c(-c2cc([C@@H](O)[C@H]3O[C@H]4OC(C)(C)O[C@@H]4[C@H]3O)on2)c(C)c1. The second-order valence-electron chi connectivity index (χ2n) is 7.89. The van der Waals surface area contributed by atoms with Crippen molar-refractivity contribution < 1.29 is 28.9 Å². The van der Waals surface area contributed by atoms with E-state index >= 15 is 0 Å². The summed E-state index contributed by atoms with van der Waals surface area (Å²) in [6, 6.07) is 5.84. The molecule has 0 amide bonds. The van der Waals surface area contributed by atoms with Crippen LogP contribution in [0.15, 0.2) is 22.7 Å². The first-order valence-electron chi connectivity index (χ1n) is 9.08. The Labute approximate surface area is 157 Å². The van der Waals surface area contributed by atoms with Crippen LogP contribution in [-0.2, 0) is 14.2 Å². The van der Waals surface area contributed by atoms with Crippen molar-refractivity contribution in [2.75, 3.05) is 0 Å². The Balaban J connectivity index is 1.56. The predicted molar refractivity (Wildman–Crippen MR) is 95.8 cm³/mol. The fraction of sp³-hybridized carbons (Fsp3) is 0.550. The Morgan fingerprint density at radius 3 is 2.37 bits per heavy atom. The zero-order valence-corrected chi connectivity index (χ0v) is 16.1. The van der Waals surface area contributed by atoms with Crippen molar-refractivity contribution in [3.8, 4) is 11.3 Å². The molecular formula is C20H25NO6. The van der Waals surface area contributed by atoms with E-state index in [1.54, 1.807) is 19.9 Å². The van der Waals surface area contributed by atoms with Gasteiger partial charge in [0, 0.05) is 11.6 Å². The standard InChI is InChI=1S/C20H25NO6/c1-9-6-10(2)14(11(3)7-9)12-8-13(27-21-12)15(22)17-16(23)18-19(24-17)26-20(4,5)25-18/h6-8,15-19,22-23H,1-5H3/t15-,16+,17-,18-,19+/m1/s1. The average molecular weight is 375 g/mol. The van der Waals surface area contributed by atoms with E-state index < -0.39 is 36.5 Å². The van der Waals surface area contributed by atoms with Gasteiger partial charge in [-0.2, -0.15) is 0 Å². The Hall–Kier alpha value is -1.77. The number of hydrogen-bond acceptors (Lipinski definition) is 7. The van der Waals surface area contributed by atoms with Crippen LogP contribution in [0, 0.1) is 20.8 Å². The summed E-state index contributed by atoms with van der Waals surface area (Å²) in [4.78, 5) is 0. The molecule has 27 heavy (non-hydrogen) atoms. The van der Waals surface area contributed by atoms with Gasteiger partial charge in [-0.15, -0.1) is 0 Å². The molecule has 0 radical (unpaired) electrons. The summed E-state index contributed by atoms with van der Waals surface area (Å²) in [7, 11) is 0. The second-order valence-corrected chi connectivity index (χ2v) is 7.89. The molecule has 2 fully saturated rings. The van der Waals surface area contributed by atoms with Crippen LogP contribution in [0.2, 0.25) is 0 Å². The number of aliphatic hydroxyl groups excluding tert-OH is 2. The number of aryl methyl sites for hydroxylation is 3. The summed E-state index contributed by atoms with van der Waals surface area (Å²) in [6.07, 6.45) is -4.52. The average Bonchev–Trinajstić information content (AvgIpc) is 3.21. The number of fused-ring (bicyclic) bond motifs is 1. The Kier molecular flexibility index (Phi) is 4.40. The summed E-state index contributed by atoms with van der Waals surface area (Å²) in [5, 5.41) is 25.3. The van der Waals surface area contributed by atoms with Crippen LogP contribution in [0.5, 0.6) is 0 Å². The van der Waals surface area contributed by atoms with E-state index in [-0.39, 0.29) is 5.76 Å². The van der Waals surface area contributed by atoms with Crippen molar-refractivity contribution in [2.24, 2.45) is 0 Å². The van der Waals surface area contributed by atoms with Crippen molar-refractivity contribution in [1.82, 2.24) is 5.16 Å².